The molecule has 0 N–H and O–H groups in total. The number of benzene rings is 2. The highest BCUT2D eigenvalue weighted by Crippen LogP contribution is 2.30. The fourth-order valence-corrected chi connectivity index (χ4v) is 3.66. The summed E-state index contributed by atoms with van der Waals surface area (Å²) in [5, 5.41) is 4.95. The maximum atomic E-state index is 12.7. The van der Waals surface area contributed by atoms with E-state index >= 15 is 0 Å². The van der Waals surface area contributed by atoms with Crippen molar-refractivity contribution < 1.29 is 9.32 Å². The van der Waals surface area contributed by atoms with E-state index in [1.165, 1.54) is 5.56 Å². The van der Waals surface area contributed by atoms with Crippen LogP contribution in [-0.4, -0.2) is 34.0 Å². The van der Waals surface area contributed by atoms with Crippen molar-refractivity contribution in [2.75, 3.05) is 13.1 Å². The van der Waals surface area contributed by atoms with Gasteiger partial charge in [-0.05, 0) is 38.0 Å². The van der Waals surface area contributed by atoms with Crippen molar-refractivity contribution in [2.24, 2.45) is 0 Å². The minimum atomic E-state index is -0.0390. The number of halogens is 2. The Morgan fingerprint density at radius 2 is 1.79 bits per heavy atom. The number of nitrogens with zero attached hydrogens (tertiary/aromatic N) is 3. The van der Waals surface area contributed by atoms with Gasteiger partial charge in [0.15, 0.2) is 0 Å². The van der Waals surface area contributed by atoms with E-state index in [-0.39, 0.29) is 11.8 Å². The predicted molar refractivity (Wildman–Crippen MR) is 109 cm³/mol. The molecule has 2 aromatic carbocycles. The lowest BCUT2D eigenvalue weighted by Crippen LogP contribution is -2.38. The first-order valence-corrected chi connectivity index (χ1v) is 9.92. The summed E-state index contributed by atoms with van der Waals surface area (Å²) >= 11 is 12.0. The highest BCUT2D eigenvalue weighted by atomic mass is 35.5. The highest BCUT2D eigenvalue weighted by molar-refractivity contribution is 6.42. The van der Waals surface area contributed by atoms with Crippen LogP contribution in [0, 0.1) is 6.92 Å². The molecular weight excluding hydrogens is 397 g/mol. The average Bonchev–Trinajstić information content (AvgIpc) is 3.20. The van der Waals surface area contributed by atoms with E-state index in [1.807, 2.05) is 36.1 Å². The van der Waals surface area contributed by atoms with E-state index in [4.69, 9.17) is 27.7 Å². The quantitative estimate of drug-likeness (QED) is 0.576. The fourth-order valence-electron chi connectivity index (χ4n) is 3.36. The molecule has 0 saturated carbocycles. The SMILES string of the molecule is Cc1ccc(-c2noc(C3CCN(C(=O)c4ccc(Cl)c(Cl)c4)CC3)n2)cc1. The van der Waals surface area contributed by atoms with Crippen molar-refractivity contribution in [2.45, 2.75) is 25.7 Å². The van der Waals surface area contributed by atoms with Crippen LogP contribution in [0.2, 0.25) is 10.0 Å². The van der Waals surface area contributed by atoms with E-state index in [0.29, 0.717) is 40.4 Å². The molecule has 5 nitrogen and oxygen atoms in total. The maximum absolute atomic E-state index is 12.7. The Kier molecular flexibility index (Phi) is 5.38. The number of hydrogen-bond acceptors (Lipinski definition) is 4. The number of likely N-dealkylation sites (tertiary alicyclic amines) is 1. The van der Waals surface area contributed by atoms with Crippen molar-refractivity contribution >= 4 is 29.1 Å². The van der Waals surface area contributed by atoms with Crippen molar-refractivity contribution in [3.8, 4) is 11.4 Å². The summed E-state index contributed by atoms with van der Waals surface area (Å²) in [7, 11) is 0. The van der Waals surface area contributed by atoms with Gasteiger partial charge in [0.1, 0.15) is 0 Å². The van der Waals surface area contributed by atoms with Crippen LogP contribution >= 0.6 is 23.2 Å². The Morgan fingerprint density at radius 1 is 1.07 bits per heavy atom. The van der Waals surface area contributed by atoms with Crippen LogP contribution in [0.1, 0.15) is 40.6 Å². The smallest absolute Gasteiger partial charge is 0.253 e. The van der Waals surface area contributed by atoms with Crippen LogP contribution < -0.4 is 0 Å². The first kappa shape index (κ1) is 19.0. The van der Waals surface area contributed by atoms with E-state index in [2.05, 4.69) is 10.1 Å². The molecule has 2 heterocycles. The van der Waals surface area contributed by atoms with Crippen LogP contribution in [-0.2, 0) is 0 Å². The molecule has 1 fully saturated rings. The van der Waals surface area contributed by atoms with Gasteiger partial charge in [-0.3, -0.25) is 4.79 Å². The third-order valence-electron chi connectivity index (χ3n) is 5.05. The molecule has 28 heavy (non-hydrogen) atoms. The monoisotopic (exact) mass is 415 g/mol. The standard InChI is InChI=1S/C21H19Cl2N3O2/c1-13-2-4-14(5-3-13)19-24-20(28-25-19)15-8-10-26(11-9-15)21(27)16-6-7-17(22)18(23)12-16/h2-7,12,15H,8-11H2,1H3. The van der Waals surface area contributed by atoms with Gasteiger partial charge in [-0.15, -0.1) is 0 Å². The van der Waals surface area contributed by atoms with E-state index in [1.54, 1.807) is 18.2 Å². The first-order chi connectivity index (χ1) is 13.5. The summed E-state index contributed by atoms with van der Waals surface area (Å²) in [6.07, 6.45) is 1.56. The number of carbonyl (C=O) groups is 1. The molecule has 1 aliphatic heterocycles. The number of carbonyl (C=O) groups excluding carboxylic acids is 1. The molecule has 1 aromatic heterocycles. The zero-order valence-electron chi connectivity index (χ0n) is 15.4. The Morgan fingerprint density at radius 3 is 2.46 bits per heavy atom. The zero-order valence-corrected chi connectivity index (χ0v) is 16.9. The van der Waals surface area contributed by atoms with Gasteiger partial charge in [-0.1, -0.05) is 58.2 Å². The van der Waals surface area contributed by atoms with Crippen LogP contribution in [0.4, 0.5) is 0 Å². The summed E-state index contributed by atoms with van der Waals surface area (Å²) in [5.41, 5.74) is 2.67. The molecule has 0 spiro atoms. The largest absolute Gasteiger partial charge is 0.339 e. The molecule has 0 bridgehead atoms. The lowest BCUT2D eigenvalue weighted by molar-refractivity contribution is 0.0704. The van der Waals surface area contributed by atoms with Gasteiger partial charge < -0.3 is 9.42 Å². The van der Waals surface area contributed by atoms with E-state index < -0.39 is 0 Å². The van der Waals surface area contributed by atoms with Crippen molar-refractivity contribution in [3.05, 3.63) is 69.5 Å². The molecule has 4 rings (SSSR count). The Balaban J connectivity index is 1.41. The normalized spacial score (nSPS) is 15.0. The topological polar surface area (TPSA) is 59.2 Å². The number of aromatic nitrogens is 2. The number of amides is 1. The first-order valence-electron chi connectivity index (χ1n) is 9.16. The number of hydrogen-bond donors (Lipinski definition) is 0. The second-order valence-electron chi connectivity index (χ2n) is 7.02. The Bertz CT molecular complexity index is 993. The highest BCUT2D eigenvalue weighted by Gasteiger charge is 2.28. The molecule has 1 saturated heterocycles. The summed E-state index contributed by atoms with van der Waals surface area (Å²) in [5.74, 6) is 1.36. The molecular formula is C21H19Cl2N3O2. The fraction of sp³-hybridized carbons (Fsp3) is 0.286. The van der Waals surface area contributed by atoms with Crippen LogP contribution in [0.15, 0.2) is 47.0 Å². The van der Waals surface area contributed by atoms with Gasteiger partial charge in [0.2, 0.25) is 11.7 Å². The van der Waals surface area contributed by atoms with Crippen molar-refractivity contribution in [1.29, 1.82) is 0 Å². The van der Waals surface area contributed by atoms with Gasteiger partial charge in [0.05, 0.1) is 10.0 Å². The Labute approximate surface area is 173 Å². The lowest BCUT2D eigenvalue weighted by Gasteiger charge is -2.30. The molecule has 144 valence electrons. The number of piperidine rings is 1. The van der Waals surface area contributed by atoms with Crippen molar-refractivity contribution in [1.82, 2.24) is 15.0 Å². The van der Waals surface area contributed by atoms with Gasteiger partial charge in [0, 0.05) is 30.1 Å². The summed E-state index contributed by atoms with van der Waals surface area (Å²) in [4.78, 5) is 19.1. The molecule has 0 aliphatic carbocycles. The predicted octanol–water partition coefficient (Wildman–Crippen LogP) is 5.37. The van der Waals surface area contributed by atoms with Gasteiger partial charge in [0.25, 0.3) is 5.91 Å². The van der Waals surface area contributed by atoms with Crippen LogP contribution in [0.5, 0.6) is 0 Å². The summed E-state index contributed by atoms with van der Waals surface area (Å²) in [6.45, 7) is 3.30. The van der Waals surface area contributed by atoms with E-state index in [0.717, 1.165) is 18.4 Å². The molecule has 1 amide bonds. The minimum absolute atomic E-state index is 0.0390. The molecule has 1 aliphatic rings. The molecule has 7 heteroatoms. The molecule has 0 atom stereocenters. The third-order valence-corrected chi connectivity index (χ3v) is 5.79. The number of rotatable bonds is 3. The maximum Gasteiger partial charge on any atom is 0.253 e. The second kappa shape index (κ2) is 7.94. The molecule has 0 unspecified atom stereocenters. The molecule has 3 aromatic rings. The van der Waals surface area contributed by atoms with Crippen LogP contribution in [0.25, 0.3) is 11.4 Å². The number of aryl methyl sites for hydroxylation is 1. The lowest BCUT2D eigenvalue weighted by atomic mass is 9.96. The third kappa shape index (κ3) is 3.91. The van der Waals surface area contributed by atoms with Crippen molar-refractivity contribution in [3.63, 3.8) is 0 Å². The minimum Gasteiger partial charge on any atom is -0.339 e. The van der Waals surface area contributed by atoms with Crippen LogP contribution in [0.3, 0.4) is 0 Å². The Hall–Kier alpha value is -2.37. The average molecular weight is 416 g/mol. The van der Waals surface area contributed by atoms with Gasteiger partial charge >= 0.3 is 0 Å². The van der Waals surface area contributed by atoms with Gasteiger partial charge in [-0.25, -0.2) is 0 Å². The van der Waals surface area contributed by atoms with E-state index in [9.17, 15) is 4.79 Å². The summed E-state index contributed by atoms with van der Waals surface area (Å²) < 4.78 is 5.50. The second-order valence-corrected chi connectivity index (χ2v) is 7.83. The summed E-state index contributed by atoms with van der Waals surface area (Å²) in [6, 6.07) is 13.0. The zero-order chi connectivity index (χ0) is 19.7. The van der Waals surface area contributed by atoms with Gasteiger partial charge in [-0.2, -0.15) is 4.98 Å². The molecule has 0 radical (unpaired) electrons.